The van der Waals surface area contributed by atoms with E-state index in [0.717, 1.165) is 54.5 Å². The molecule has 45 heavy (non-hydrogen) atoms. The lowest BCUT2D eigenvalue weighted by atomic mass is 10.0. The van der Waals surface area contributed by atoms with Crippen molar-refractivity contribution in [2.75, 3.05) is 19.7 Å². The van der Waals surface area contributed by atoms with Gasteiger partial charge in [0.2, 0.25) is 0 Å². The molecule has 230 valence electrons. The molecule has 0 spiro atoms. The molecule has 1 unspecified atom stereocenters. The summed E-state index contributed by atoms with van der Waals surface area (Å²) in [4.78, 5) is 26.9. The highest BCUT2D eigenvalue weighted by Gasteiger charge is 2.25. The van der Waals surface area contributed by atoms with Gasteiger partial charge in [0.25, 0.3) is 0 Å². The summed E-state index contributed by atoms with van der Waals surface area (Å²) in [6, 6.07) is 9.72. The summed E-state index contributed by atoms with van der Waals surface area (Å²) in [5, 5.41) is 9.50. The predicted molar refractivity (Wildman–Crippen MR) is 161 cm³/mol. The van der Waals surface area contributed by atoms with Crippen molar-refractivity contribution in [2.45, 2.75) is 51.5 Å². The van der Waals surface area contributed by atoms with Crippen LogP contribution in [0.4, 0.5) is 8.78 Å². The van der Waals surface area contributed by atoms with E-state index in [9.17, 15) is 18.7 Å². The second kappa shape index (κ2) is 12.4. The average molecular weight is 612 g/mol. The molecule has 4 aromatic rings. The van der Waals surface area contributed by atoms with E-state index >= 15 is 0 Å². The lowest BCUT2D eigenvalue weighted by Gasteiger charge is -2.29. The molecule has 0 bridgehead atoms. The minimum absolute atomic E-state index is 0.0283. The number of carboxylic acid groups (broad SMARTS) is 1. The number of ether oxygens (including phenoxy) is 2. The topological polar surface area (TPSA) is 103 Å². The first kappa shape index (κ1) is 29.1. The van der Waals surface area contributed by atoms with Crippen LogP contribution in [0.2, 0.25) is 0 Å². The first-order chi connectivity index (χ1) is 21.9. The van der Waals surface area contributed by atoms with Crippen molar-refractivity contribution in [1.29, 1.82) is 0 Å². The van der Waals surface area contributed by atoms with Gasteiger partial charge in [-0.3, -0.25) is 4.90 Å². The molecule has 2 aromatic carbocycles. The molecule has 0 amide bonds. The van der Waals surface area contributed by atoms with Gasteiger partial charge in [0.1, 0.15) is 23.9 Å². The molecule has 3 aliphatic rings. The van der Waals surface area contributed by atoms with Gasteiger partial charge in [-0.05, 0) is 61.6 Å². The maximum Gasteiger partial charge on any atom is 0.335 e. The van der Waals surface area contributed by atoms with Gasteiger partial charge in [-0.15, -0.1) is 0 Å². The summed E-state index contributed by atoms with van der Waals surface area (Å²) in [5.41, 5.74) is 3.58. The fourth-order valence-electron chi connectivity index (χ4n) is 5.48. The number of nitrogens with zero attached hydrogens (tertiary/aromatic N) is 5. The highest BCUT2D eigenvalue weighted by molar-refractivity contribution is 5.92. The fraction of sp³-hybridized carbons (Fsp3) is 0.353. The number of hydrogen-bond acceptors (Lipinski definition) is 7. The van der Waals surface area contributed by atoms with Crippen LogP contribution in [0.25, 0.3) is 16.6 Å². The maximum absolute atomic E-state index is 14.8. The van der Waals surface area contributed by atoms with Crippen molar-refractivity contribution in [3.63, 3.8) is 0 Å². The predicted octanol–water partition coefficient (Wildman–Crippen LogP) is 5.22. The molecule has 7 rings (SSSR count). The molecule has 2 fully saturated rings. The number of benzene rings is 2. The van der Waals surface area contributed by atoms with Crippen LogP contribution >= 0.6 is 0 Å². The number of hydrogen-bond donors (Lipinski definition) is 1. The highest BCUT2D eigenvalue weighted by atomic mass is 19.1. The lowest BCUT2D eigenvalue weighted by Crippen LogP contribution is -2.33. The van der Waals surface area contributed by atoms with Crippen LogP contribution in [-0.2, 0) is 24.4 Å². The van der Waals surface area contributed by atoms with Crippen LogP contribution in [0.15, 0.2) is 48.7 Å². The molecular formula is C34H31F2N5O4. The Balaban J connectivity index is 1.03. The normalized spacial score (nSPS) is 18.2. The van der Waals surface area contributed by atoms with E-state index in [2.05, 4.69) is 31.3 Å². The number of rotatable bonds is 9. The standard InChI is InChI=1S/C34H31F2N5O4/c35-27-15-22(4-3-21-1-2-21)5-6-25(27)20-45-34-37-17-28(36)32(39-34)23-9-12-40(13-10-23)19-31-38-29-8-7-24(33(42)43)16-30(29)41(31)18-26-11-14-44-26/h5-9,15-17,21,26H,1-2,10-14,18-20H2,(H,42,43). The van der Waals surface area contributed by atoms with Gasteiger partial charge in [0.15, 0.2) is 5.82 Å². The minimum atomic E-state index is -0.985. The van der Waals surface area contributed by atoms with Crippen molar-refractivity contribution >= 4 is 22.6 Å². The van der Waals surface area contributed by atoms with E-state index in [1.807, 2.05) is 6.08 Å². The van der Waals surface area contributed by atoms with E-state index in [0.29, 0.717) is 49.6 Å². The first-order valence-corrected chi connectivity index (χ1v) is 15.1. The third-order valence-electron chi connectivity index (χ3n) is 8.35. The molecule has 1 N–H and O–H groups in total. The summed E-state index contributed by atoms with van der Waals surface area (Å²) in [6.45, 7) is 2.93. The third-order valence-corrected chi connectivity index (χ3v) is 8.35. The molecule has 1 saturated heterocycles. The van der Waals surface area contributed by atoms with Gasteiger partial charge >= 0.3 is 12.0 Å². The smallest absolute Gasteiger partial charge is 0.335 e. The van der Waals surface area contributed by atoms with Crippen LogP contribution < -0.4 is 4.74 Å². The summed E-state index contributed by atoms with van der Waals surface area (Å²) in [7, 11) is 0. The molecule has 9 nitrogen and oxygen atoms in total. The summed E-state index contributed by atoms with van der Waals surface area (Å²) >= 11 is 0. The molecule has 11 heteroatoms. The molecule has 1 saturated carbocycles. The maximum atomic E-state index is 14.8. The number of carbonyl (C=O) groups is 1. The Morgan fingerprint density at radius 2 is 1.98 bits per heavy atom. The largest absolute Gasteiger partial charge is 0.478 e. The number of carboxylic acids is 1. The average Bonchev–Trinajstić information content (AvgIpc) is 3.79. The SMILES string of the molecule is O=C(O)c1ccc2nc(CN3CC=C(c4nc(OCc5ccc(C#CC6CC6)cc5F)ncc4F)CC3)n(CC3CCO3)c2c1. The number of fused-ring (bicyclic) bond motifs is 1. The minimum Gasteiger partial charge on any atom is -0.478 e. The molecule has 2 aliphatic heterocycles. The van der Waals surface area contributed by atoms with E-state index < -0.39 is 17.6 Å². The Hall–Kier alpha value is -4.66. The Kier molecular flexibility index (Phi) is 8.00. The summed E-state index contributed by atoms with van der Waals surface area (Å²) < 4.78 is 42.9. The lowest BCUT2D eigenvalue weighted by molar-refractivity contribution is -0.0591. The number of aromatic carboxylic acids is 1. The van der Waals surface area contributed by atoms with Gasteiger partial charge in [0, 0.05) is 36.7 Å². The molecular weight excluding hydrogens is 580 g/mol. The number of halogens is 2. The van der Waals surface area contributed by atoms with Gasteiger partial charge < -0.3 is 19.1 Å². The number of imidazole rings is 1. The molecule has 1 atom stereocenters. The van der Waals surface area contributed by atoms with Crippen LogP contribution in [0.3, 0.4) is 0 Å². The van der Waals surface area contributed by atoms with Crippen LogP contribution in [0.5, 0.6) is 6.01 Å². The fourth-order valence-corrected chi connectivity index (χ4v) is 5.48. The summed E-state index contributed by atoms with van der Waals surface area (Å²) in [5.74, 6) is 5.41. The quantitative estimate of drug-likeness (QED) is 0.257. The van der Waals surface area contributed by atoms with E-state index in [1.165, 1.54) is 6.07 Å². The van der Waals surface area contributed by atoms with E-state index in [1.54, 1.807) is 30.3 Å². The Morgan fingerprint density at radius 1 is 1.11 bits per heavy atom. The van der Waals surface area contributed by atoms with Crippen molar-refractivity contribution in [3.05, 3.63) is 88.5 Å². The van der Waals surface area contributed by atoms with Gasteiger partial charge in [-0.2, -0.15) is 4.98 Å². The molecule has 1 aliphatic carbocycles. The third kappa shape index (κ3) is 6.57. The second-order valence-corrected chi connectivity index (χ2v) is 11.6. The van der Waals surface area contributed by atoms with Gasteiger partial charge in [0.05, 0.1) is 42.0 Å². The molecule has 0 radical (unpaired) electrons. The Labute approximate surface area is 258 Å². The molecule has 4 heterocycles. The molecule has 2 aromatic heterocycles. The zero-order valence-corrected chi connectivity index (χ0v) is 24.5. The van der Waals surface area contributed by atoms with Crippen molar-refractivity contribution < 1.29 is 28.2 Å². The zero-order chi connectivity index (χ0) is 30.9. The second-order valence-electron chi connectivity index (χ2n) is 11.6. The monoisotopic (exact) mass is 611 g/mol. The highest BCUT2D eigenvalue weighted by Crippen LogP contribution is 2.29. The Morgan fingerprint density at radius 3 is 2.69 bits per heavy atom. The van der Waals surface area contributed by atoms with Crippen molar-refractivity contribution in [3.8, 4) is 17.9 Å². The number of aromatic nitrogens is 4. The van der Waals surface area contributed by atoms with Crippen LogP contribution in [-0.4, -0.2) is 61.3 Å². The Bertz CT molecular complexity index is 1870. The van der Waals surface area contributed by atoms with E-state index in [4.69, 9.17) is 14.5 Å². The van der Waals surface area contributed by atoms with Crippen molar-refractivity contribution in [2.24, 2.45) is 5.92 Å². The first-order valence-electron chi connectivity index (χ1n) is 15.1. The van der Waals surface area contributed by atoms with Crippen LogP contribution in [0.1, 0.15) is 58.7 Å². The van der Waals surface area contributed by atoms with Crippen molar-refractivity contribution in [1.82, 2.24) is 24.4 Å². The summed E-state index contributed by atoms with van der Waals surface area (Å²) in [6.07, 6.45) is 6.78. The van der Waals surface area contributed by atoms with Gasteiger partial charge in [-0.1, -0.05) is 24.0 Å². The zero-order valence-electron chi connectivity index (χ0n) is 24.5. The van der Waals surface area contributed by atoms with E-state index in [-0.39, 0.29) is 30.0 Å². The van der Waals surface area contributed by atoms with Crippen LogP contribution in [0, 0.1) is 29.4 Å². The van der Waals surface area contributed by atoms with Gasteiger partial charge in [-0.25, -0.2) is 23.5 Å².